The molecule has 2 heterocycles. The molecule has 1 aromatic heterocycles. The summed E-state index contributed by atoms with van der Waals surface area (Å²) in [6.07, 6.45) is 6.12. The molecule has 3 aromatic carbocycles. The van der Waals surface area contributed by atoms with Crippen LogP contribution in [0, 0.1) is 5.92 Å². The number of nitrogens with zero attached hydrogens (tertiary/aromatic N) is 3. The highest BCUT2D eigenvalue weighted by molar-refractivity contribution is 7.96. The summed E-state index contributed by atoms with van der Waals surface area (Å²) < 4.78 is 14.1. The zero-order valence-electron chi connectivity index (χ0n) is 25.9. The molecule has 4 aromatic rings. The van der Waals surface area contributed by atoms with Crippen LogP contribution in [0.15, 0.2) is 122 Å². The lowest BCUT2D eigenvalue weighted by Gasteiger charge is -2.52. The van der Waals surface area contributed by atoms with Gasteiger partial charge in [0.15, 0.2) is 8.32 Å². The van der Waals surface area contributed by atoms with Gasteiger partial charge in [-0.1, -0.05) is 116 Å². The maximum absolute atomic E-state index is 14.7. The number of hydrogen-bond donors (Lipinski definition) is 0. The van der Waals surface area contributed by atoms with Gasteiger partial charge >= 0.3 is 5.97 Å². The molecule has 1 unspecified atom stereocenters. The van der Waals surface area contributed by atoms with E-state index < -0.39 is 39.2 Å². The number of thiocarbonyl (C=S) groups is 1. The summed E-state index contributed by atoms with van der Waals surface area (Å²) in [7, 11) is -2.04. The average molecular weight is 656 g/mol. The van der Waals surface area contributed by atoms with Crippen LogP contribution in [-0.2, 0) is 18.8 Å². The zero-order valence-corrected chi connectivity index (χ0v) is 28.7. The topological polar surface area (TPSA) is 73.7 Å². The van der Waals surface area contributed by atoms with Crippen molar-refractivity contribution in [2.75, 3.05) is 6.61 Å². The lowest BCUT2D eigenvalue weighted by Crippen LogP contribution is -2.71. The minimum Gasteiger partial charge on any atom is -0.457 e. The van der Waals surface area contributed by atoms with E-state index in [1.54, 1.807) is 28.2 Å². The summed E-state index contributed by atoms with van der Waals surface area (Å²) in [4.78, 5) is 35.6. The van der Waals surface area contributed by atoms with E-state index in [1.807, 2.05) is 97.9 Å². The second-order valence-electron chi connectivity index (χ2n) is 11.8. The minimum absolute atomic E-state index is 0.0159. The van der Waals surface area contributed by atoms with Gasteiger partial charge in [-0.3, -0.25) is 14.3 Å². The molecule has 45 heavy (non-hydrogen) atoms. The molecular formula is C35H38N3O4PSSi. The first-order valence-electron chi connectivity index (χ1n) is 14.9. The van der Waals surface area contributed by atoms with Crippen LogP contribution in [-0.4, -0.2) is 63.8 Å². The van der Waals surface area contributed by atoms with E-state index in [9.17, 15) is 9.59 Å². The zero-order chi connectivity index (χ0) is 32.2. The molecule has 5 rings (SSSR count). The lowest BCUT2D eigenvalue weighted by molar-refractivity contribution is -0.152. The van der Waals surface area contributed by atoms with E-state index in [2.05, 4.69) is 31.2 Å². The Kier molecular flexibility index (Phi) is 9.84. The summed E-state index contributed by atoms with van der Waals surface area (Å²) >= 11 is 6.10. The number of esters is 1. The molecule has 0 N–H and O–H groups in total. The maximum atomic E-state index is 14.7. The number of amides is 1. The second-order valence-corrected chi connectivity index (χ2v) is 20.0. The van der Waals surface area contributed by atoms with Gasteiger partial charge in [0.05, 0.1) is 18.3 Å². The molecule has 1 aliphatic heterocycles. The third-order valence-electron chi connectivity index (χ3n) is 7.69. The fourth-order valence-electron chi connectivity index (χ4n) is 6.01. The van der Waals surface area contributed by atoms with E-state index in [0.29, 0.717) is 4.99 Å². The first-order valence-corrected chi connectivity index (χ1v) is 20.5. The Hall–Kier alpha value is -3.88. The molecule has 232 valence electrons. The molecule has 3 atom stereocenters. The summed E-state index contributed by atoms with van der Waals surface area (Å²) in [6, 6.07) is 29.1. The fraction of sp³-hybridized carbons (Fsp3) is 0.229. The SMILES string of the molecule is C=CCOC(=O)C(N1C(=O)[C@H](C(C)O[Si](C)(C)C)[C@@H]1C(=S)n1ccnc1)=P(c1ccccc1)(c1ccccc1)c1ccccc1. The van der Waals surface area contributed by atoms with E-state index in [-0.39, 0.29) is 17.9 Å². The maximum Gasteiger partial charge on any atom is 0.356 e. The standard InChI is InChI=1S/C35H38N3O4PSSi/c1-6-24-41-35(40)33(38-31(34(44)37-23-22-36-25-37)30(32(38)39)26(2)42-45(3,4)5)43(27-16-10-7-11-17-27,28-18-12-8-13-19-28)29-20-14-9-15-21-29/h6-23,25-26,30-31H,1,24H2,2-5H3/t26?,30-,31-/m1/s1. The Morgan fingerprint density at radius 2 is 1.49 bits per heavy atom. The monoisotopic (exact) mass is 655 g/mol. The number of ether oxygens (including phenoxy) is 1. The Bertz CT molecular complexity index is 1620. The Morgan fingerprint density at radius 3 is 1.91 bits per heavy atom. The van der Waals surface area contributed by atoms with Gasteiger partial charge in [0.1, 0.15) is 23.1 Å². The molecule has 1 saturated heterocycles. The fourth-order valence-corrected chi connectivity index (χ4v) is 12.0. The normalized spacial score (nSPS) is 17.2. The number of benzene rings is 3. The predicted octanol–water partition coefficient (Wildman–Crippen LogP) is 4.98. The van der Waals surface area contributed by atoms with Gasteiger partial charge in [-0.05, 0) is 42.5 Å². The second kappa shape index (κ2) is 13.6. The van der Waals surface area contributed by atoms with Crippen molar-refractivity contribution in [3.63, 3.8) is 0 Å². The number of likely N-dealkylation sites (tertiary alicyclic amines) is 1. The van der Waals surface area contributed by atoms with Crippen molar-refractivity contribution in [2.45, 2.75) is 38.7 Å². The number of carbonyl (C=O) groups is 2. The van der Waals surface area contributed by atoms with Crippen molar-refractivity contribution in [2.24, 2.45) is 5.92 Å². The van der Waals surface area contributed by atoms with Crippen LogP contribution in [0.1, 0.15) is 6.92 Å². The highest BCUT2D eigenvalue weighted by Crippen LogP contribution is 2.50. The van der Waals surface area contributed by atoms with E-state index in [1.165, 1.54) is 6.08 Å². The lowest BCUT2D eigenvalue weighted by atomic mass is 9.83. The molecule has 0 spiro atoms. The number of rotatable bonds is 11. The van der Waals surface area contributed by atoms with Crippen LogP contribution in [0.25, 0.3) is 0 Å². The van der Waals surface area contributed by atoms with Crippen molar-refractivity contribution < 1.29 is 18.8 Å². The highest BCUT2D eigenvalue weighted by atomic mass is 32.1. The molecule has 1 amide bonds. The minimum atomic E-state index is -3.07. The smallest absolute Gasteiger partial charge is 0.356 e. The molecule has 10 heteroatoms. The van der Waals surface area contributed by atoms with Gasteiger partial charge in [-0.25, -0.2) is 9.78 Å². The van der Waals surface area contributed by atoms with Crippen molar-refractivity contribution in [1.29, 1.82) is 0 Å². The molecular weight excluding hydrogens is 618 g/mol. The van der Waals surface area contributed by atoms with Gasteiger partial charge in [-0.15, -0.1) is 0 Å². The molecule has 7 nitrogen and oxygen atoms in total. The molecule has 1 aliphatic rings. The molecule has 1 fully saturated rings. The van der Waals surface area contributed by atoms with Gasteiger partial charge in [0, 0.05) is 19.3 Å². The molecule has 0 saturated carbocycles. The summed E-state index contributed by atoms with van der Waals surface area (Å²) in [5.41, 5.74) is 0.266. The number of β-lactam (4-membered cyclic amide) rings is 1. The van der Waals surface area contributed by atoms with E-state index >= 15 is 0 Å². The molecule has 0 radical (unpaired) electrons. The quantitative estimate of drug-likeness (QED) is 0.0567. The van der Waals surface area contributed by atoms with Crippen molar-refractivity contribution in [3.05, 3.63) is 122 Å². The highest BCUT2D eigenvalue weighted by Gasteiger charge is 2.58. The van der Waals surface area contributed by atoms with E-state index in [4.69, 9.17) is 21.4 Å². The summed E-state index contributed by atoms with van der Waals surface area (Å²) in [5, 5.41) is 2.72. The van der Waals surface area contributed by atoms with Crippen LogP contribution in [0.2, 0.25) is 19.6 Å². The predicted molar refractivity (Wildman–Crippen MR) is 190 cm³/mol. The van der Waals surface area contributed by atoms with Crippen LogP contribution in [0.4, 0.5) is 0 Å². The van der Waals surface area contributed by atoms with Gasteiger partial charge < -0.3 is 9.16 Å². The third kappa shape index (κ3) is 6.31. The van der Waals surface area contributed by atoms with E-state index in [0.717, 1.165) is 15.9 Å². The Labute approximate surface area is 271 Å². The van der Waals surface area contributed by atoms with Crippen LogP contribution >= 0.6 is 19.1 Å². The van der Waals surface area contributed by atoms with Crippen LogP contribution in [0.5, 0.6) is 0 Å². The first kappa shape index (κ1) is 32.5. The third-order valence-corrected chi connectivity index (χ3v) is 13.5. The first-order chi connectivity index (χ1) is 21.6. The largest absolute Gasteiger partial charge is 0.457 e. The van der Waals surface area contributed by atoms with Gasteiger partial charge in [0.25, 0.3) is 0 Å². The van der Waals surface area contributed by atoms with Crippen LogP contribution in [0.3, 0.4) is 0 Å². The number of aromatic nitrogens is 2. The molecule has 0 aliphatic carbocycles. The number of carbonyl (C=O) groups excluding carboxylic acids is 2. The summed E-state index contributed by atoms with van der Waals surface area (Å²) in [5.74, 6) is -1.44. The van der Waals surface area contributed by atoms with Gasteiger partial charge in [0.2, 0.25) is 5.91 Å². The Balaban J connectivity index is 1.91. The van der Waals surface area contributed by atoms with Crippen molar-refractivity contribution in [3.8, 4) is 0 Å². The van der Waals surface area contributed by atoms with Crippen LogP contribution < -0.4 is 15.9 Å². The summed E-state index contributed by atoms with van der Waals surface area (Å²) in [6.45, 7) is 8.87. The average Bonchev–Trinajstić information content (AvgIpc) is 3.58. The number of hydrogen-bond acceptors (Lipinski definition) is 6. The molecule has 0 bridgehead atoms. The van der Waals surface area contributed by atoms with Gasteiger partial charge in [-0.2, -0.15) is 0 Å². The Morgan fingerprint density at radius 1 is 0.978 bits per heavy atom. The van der Waals surface area contributed by atoms with Crippen molar-refractivity contribution >= 4 is 65.6 Å². The number of imidazole rings is 1. The van der Waals surface area contributed by atoms with Crippen molar-refractivity contribution in [1.82, 2.24) is 14.5 Å².